The summed E-state index contributed by atoms with van der Waals surface area (Å²) in [6.45, 7) is 1.86. The number of aromatic nitrogens is 3. The summed E-state index contributed by atoms with van der Waals surface area (Å²) in [5.74, 6) is 0.807. The molecule has 2 aromatic carbocycles. The highest BCUT2D eigenvalue weighted by Gasteiger charge is 2.12. The topological polar surface area (TPSA) is 112 Å². The van der Waals surface area contributed by atoms with Crippen molar-refractivity contribution < 1.29 is 14.3 Å². The molecule has 0 amide bonds. The molecule has 28 heavy (non-hydrogen) atoms. The first-order valence-electron chi connectivity index (χ1n) is 8.65. The van der Waals surface area contributed by atoms with Gasteiger partial charge in [-0.25, -0.2) is 0 Å². The number of ether oxygens (including phenoxy) is 2. The molecule has 3 N–H and O–H groups in total. The fourth-order valence-electron chi connectivity index (χ4n) is 2.59. The number of nitrogens with two attached hydrogens (primary N) is 1. The van der Waals surface area contributed by atoms with Gasteiger partial charge in [-0.3, -0.25) is 4.79 Å². The highest BCUT2D eigenvalue weighted by molar-refractivity contribution is 5.73. The Morgan fingerprint density at radius 2 is 1.82 bits per heavy atom. The molecule has 0 aliphatic rings. The van der Waals surface area contributed by atoms with E-state index in [1.165, 1.54) is 0 Å². The number of hydrogen-bond donors (Lipinski definition) is 2. The minimum atomic E-state index is -0.420. The van der Waals surface area contributed by atoms with E-state index in [4.69, 9.17) is 15.2 Å². The second kappa shape index (κ2) is 8.81. The average Bonchev–Trinajstić information content (AvgIpc) is 2.68. The minimum Gasteiger partial charge on any atom is -0.496 e. The van der Waals surface area contributed by atoms with E-state index in [1.807, 2.05) is 49.4 Å². The Kier molecular flexibility index (Phi) is 6.01. The molecule has 8 nitrogen and oxygen atoms in total. The zero-order valence-corrected chi connectivity index (χ0v) is 15.7. The van der Waals surface area contributed by atoms with Gasteiger partial charge in [-0.15, -0.1) is 0 Å². The quantitative estimate of drug-likeness (QED) is 0.603. The first-order valence-corrected chi connectivity index (χ1v) is 8.65. The lowest BCUT2D eigenvalue weighted by Gasteiger charge is -2.10. The Morgan fingerprint density at radius 1 is 1.07 bits per heavy atom. The number of nitrogens with one attached hydrogen (secondary N) is 1. The van der Waals surface area contributed by atoms with Crippen molar-refractivity contribution in [1.82, 2.24) is 15.0 Å². The van der Waals surface area contributed by atoms with E-state index in [1.54, 1.807) is 13.2 Å². The molecule has 0 spiro atoms. The summed E-state index contributed by atoms with van der Waals surface area (Å²) < 4.78 is 10.5. The fourth-order valence-corrected chi connectivity index (χ4v) is 2.59. The molecule has 0 radical (unpaired) electrons. The molecule has 0 atom stereocenters. The summed E-state index contributed by atoms with van der Waals surface area (Å²) in [5, 5.41) is 3.10. The number of aryl methyl sites for hydroxylation is 1. The van der Waals surface area contributed by atoms with Crippen LogP contribution in [0.25, 0.3) is 0 Å². The maximum absolute atomic E-state index is 12.2. The van der Waals surface area contributed by atoms with Gasteiger partial charge in [0.15, 0.2) is 12.4 Å². The first kappa shape index (κ1) is 19.1. The lowest BCUT2D eigenvalue weighted by Crippen LogP contribution is -2.13. The van der Waals surface area contributed by atoms with Crippen LogP contribution in [0.3, 0.4) is 0 Å². The summed E-state index contributed by atoms with van der Waals surface area (Å²) in [5.41, 5.74) is 8.39. The Balaban J connectivity index is 1.65. The number of nitrogen functional groups attached to an aromatic ring is 1. The number of rotatable bonds is 7. The molecule has 0 aliphatic heterocycles. The lowest BCUT2D eigenvalue weighted by atomic mass is 10.1. The monoisotopic (exact) mass is 379 g/mol. The van der Waals surface area contributed by atoms with E-state index >= 15 is 0 Å². The van der Waals surface area contributed by atoms with Crippen molar-refractivity contribution >= 4 is 23.6 Å². The van der Waals surface area contributed by atoms with Crippen molar-refractivity contribution in [3.63, 3.8) is 0 Å². The summed E-state index contributed by atoms with van der Waals surface area (Å²) in [6.07, 6.45) is 0.0822. The molecule has 8 heteroatoms. The lowest BCUT2D eigenvalue weighted by molar-refractivity contribution is -0.144. The van der Waals surface area contributed by atoms with Crippen LogP contribution in [0.4, 0.5) is 17.6 Å². The Labute approximate surface area is 162 Å². The van der Waals surface area contributed by atoms with Crippen LogP contribution in [0.2, 0.25) is 0 Å². The highest BCUT2D eigenvalue weighted by atomic mass is 16.5. The smallest absolute Gasteiger partial charge is 0.310 e. The third kappa shape index (κ3) is 4.94. The second-order valence-corrected chi connectivity index (χ2v) is 6.02. The average molecular weight is 379 g/mol. The molecule has 0 fully saturated rings. The molecular formula is C20H21N5O3. The zero-order valence-electron chi connectivity index (χ0n) is 15.7. The van der Waals surface area contributed by atoms with Gasteiger partial charge in [-0.05, 0) is 24.6 Å². The van der Waals surface area contributed by atoms with Gasteiger partial charge in [0, 0.05) is 11.3 Å². The summed E-state index contributed by atoms with van der Waals surface area (Å²) in [4.78, 5) is 24.5. The predicted molar refractivity (Wildman–Crippen MR) is 105 cm³/mol. The number of para-hydroxylation sites is 2. The predicted octanol–water partition coefficient (Wildman–Crippen LogP) is 2.80. The molecule has 3 aromatic rings. The minimum absolute atomic E-state index is 0.0434. The molecule has 0 aliphatic carbocycles. The van der Waals surface area contributed by atoms with Crippen molar-refractivity contribution in [2.45, 2.75) is 20.0 Å². The van der Waals surface area contributed by atoms with Gasteiger partial charge in [-0.2, -0.15) is 15.0 Å². The van der Waals surface area contributed by atoms with Gasteiger partial charge in [-0.1, -0.05) is 36.4 Å². The molecule has 0 unspecified atom stereocenters. The number of carbonyl (C=O) groups excluding carboxylic acids is 1. The highest BCUT2D eigenvalue weighted by Crippen LogP contribution is 2.19. The first-order chi connectivity index (χ1) is 13.5. The molecule has 1 aromatic heterocycles. The Hall–Kier alpha value is -3.68. The van der Waals surface area contributed by atoms with Crippen LogP contribution in [-0.2, 0) is 22.6 Å². The standard InChI is InChI=1S/C20H21N5O3/c1-13-7-3-5-9-15(13)22-20-24-17(23-19(21)25-20)12-28-18(26)11-14-8-4-6-10-16(14)27-2/h3-10H,11-12H2,1-2H3,(H3,21,22,23,24,25). The van der Waals surface area contributed by atoms with Crippen molar-refractivity contribution in [3.05, 3.63) is 65.5 Å². The van der Waals surface area contributed by atoms with E-state index in [0.717, 1.165) is 16.8 Å². The number of anilines is 3. The van der Waals surface area contributed by atoms with Crippen LogP contribution in [0.15, 0.2) is 48.5 Å². The van der Waals surface area contributed by atoms with Crippen LogP contribution in [0.1, 0.15) is 17.0 Å². The Bertz CT molecular complexity index is 978. The normalized spacial score (nSPS) is 10.4. The molecule has 0 saturated heterocycles. The molecule has 144 valence electrons. The van der Waals surface area contributed by atoms with Gasteiger partial charge in [0.05, 0.1) is 13.5 Å². The van der Waals surface area contributed by atoms with Crippen LogP contribution in [0.5, 0.6) is 5.75 Å². The van der Waals surface area contributed by atoms with Gasteiger partial charge in [0.25, 0.3) is 0 Å². The van der Waals surface area contributed by atoms with Crippen molar-refractivity contribution in [1.29, 1.82) is 0 Å². The van der Waals surface area contributed by atoms with Crippen LogP contribution in [-0.4, -0.2) is 28.0 Å². The third-order valence-corrected chi connectivity index (χ3v) is 3.98. The fraction of sp³-hybridized carbons (Fsp3) is 0.200. The van der Waals surface area contributed by atoms with Crippen molar-refractivity contribution in [3.8, 4) is 5.75 Å². The number of hydrogen-bond acceptors (Lipinski definition) is 8. The number of carbonyl (C=O) groups is 1. The summed E-state index contributed by atoms with van der Waals surface area (Å²) >= 11 is 0. The van der Waals surface area contributed by atoms with Gasteiger partial charge in [0.1, 0.15) is 5.75 Å². The number of benzene rings is 2. The number of esters is 1. The molecule has 0 bridgehead atoms. The second-order valence-electron chi connectivity index (χ2n) is 6.02. The van der Waals surface area contributed by atoms with Gasteiger partial charge >= 0.3 is 5.97 Å². The van der Waals surface area contributed by atoms with E-state index in [0.29, 0.717) is 5.75 Å². The Morgan fingerprint density at radius 3 is 2.61 bits per heavy atom. The maximum atomic E-state index is 12.2. The van der Waals surface area contributed by atoms with Crippen LogP contribution < -0.4 is 15.8 Å². The molecular weight excluding hydrogens is 358 g/mol. The zero-order chi connectivity index (χ0) is 19.9. The number of nitrogens with zero attached hydrogens (tertiary/aromatic N) is 3. The van der Waals surface area contributed by atoms with Gasteiger partial charge in [0.2, 0.25) is 11.9 Å². The maximum Gasteiger partial charge on any atom is 0.310 e. The molecule has 3 rings (SSSR count). The van der Waals surface area contributed by atoms with Crippen molar-refractivity contribution in [2.24, 2.45) is 0 Å². The largest absolute Gasteiger partial charge is 0.496 e. The third-order valence-electron chi connectivity index (χ3n) is 3.98. The van der Waals surface area contributed by atoms with Crippen LogP contribution >= 0.6 is 0 Å². The van der Waals surface area contributed by atoms with E-state index < -0.39 is 5.97 Å². The van der Waals surface area contributed by atoms with Crippen LogP contribution in [0, 0.1) is 6.92 Å². The number of methoxy groups -OCH3 is 1. The summed E-state index contributed by atoms with van der Waals surface area (Å²) in [7, 11) is 1.56. The van der Waals surface area contributed by atoms with E-state index in [-0.39, 0.29) is 30.7 Å². The molecule has 0 saturated carbocycles. The molecule has 1 heterocycles. The SMILES string of the molecule is COc1ccccc1CC(=O)OCc1nc(N)nc(Nc2ccccc2C)n1. The van der Waals surface area contributed by atoms with E-state index in [9.17, 15) is 4.79 Å². The van der Waals surface area contributed by atoms with Gasteiger partial charge < -0.3 is 20.5 Å². The van der Waals surface area contributed by atoms with Crippen molar-refractivity contribution in [2.75, 3.05) is 18.2 Å². The van der Waals surface area contributed by atoms with E-state index in [2.05, 4.69) is 20.3 Å². The summed E-state index contributed by atoms with van der Waals surface area (Å²) in [6, 6.07) is 15.0.